The Kier molecular flexibility index (Phi) is 9.07. The molecule has 2 heterocycles. The highest BCUT2D eigenvalue weighted by molar-refractivity contribution is 7.16. The third-order valence-electron chi connectivity index (χ3n) is 7.59. The van der Waals surface area contributed by atoms with Crippen molar-refractivity contribution >= 4 is 34.8 Å². The number of carboxylic acid groups (broad SMARTS) is 1. The van der Waals surface area contributed by atoms with Gasteiger partial charge in [-0.15, -0.1) is 11.3 Å². The molecule has 1 aliphatic heterocycles. The zero-order valence-electron chi connectivity index (χ0n) is 22.8. The third kappa shape index (κ3) is 6.55. The summed E-state index contributed by atoms with van der Waals surface area (Å²) in [6, 6.07) is 21.4. The molecule has 0 fully saturated rings. The summed E-state index contributed by atoms with van der Waals surface area (Å²) in [6.45, 7) is 7.87. The summed E-state index contributed by atoms with van der Waals surface area (Å²) in [5.41, 5.74) is 6.15. The number of thiophene rings is 1. The van der Waals surface area contributed by atoms with Crippen molar-refractivity contribution in [1.29, 1.82) is 5.26 Å². The van der Waals surface area contributed by atoms with Gasteiger partial charge in [-0.2, -0.15) is 5.26 Å². The first-order valence-corrected chi connectivity index (χ1v) is 14.6. The van der Waals surface area contributed by atoms with Crippen molar-refractivity contribution < 1.29 is 9.90 Å². The first kappa shape index (κ1) is 27.7. The maximum Gasteiger partial charge on any atom is 0.346 e. The lowest BCUT2D eigenvalue weighted by molar-refractivity contribution is -0.132. The van der Waals surface area contributed by atoms with E-state index in [1.807, 2.05) is 12.1 Å². The van der Waals surface area contributed by atoms with Crippen molar-refractivity contribution in [2.45, 2.75) is 77.6 Å². The Hall–Kier alpha value is -3.36. The van der Waals surface area contributed by atoms with E-state index in [0.717, 1.165) is 34.7 Å². The Morgan fingerprint density at radius 3 is 2.50 bits per heavy atom. The third-order valence-corrected chi connectivity index (χ3v) is 8.67. The summed E-state index contributed by atoms with van der Waals surface area (Å²) in [4.78, 5) is 15.5. The number of hydrogen-bond donors (Lipinski definition) is 1. The zero-order chi connectivity index (χ0) is 27.1. The van der Waals surface area contributed by atoms with Crippen molar-refractivity contribution in [3.63, 3.8) is 0 Å². The van der Waals surface area contributed by atoms with Crippen LogP contribution in [0.1, 0.15) is 81.7 Å². The molecule has 198 valence electrons. The lowest BCUT2D eigenvalue weighted by Gasteiger charge is -2.40. The van der Waals surface area contributed by atoms with Gasteiger partial charge in [-0.3, -0.25) is 0 Å². The number of hydrogen-bond acceptors (Lipinski definition) is 4. The maximum absolute atomic E-state index is 11.2. The van der Waals surface area contributed by atoms with E-state index in [-0.39, 0.29) is 11.0 Å². The van der Waals surface area contributed by atoms with Gasteiger partial charge in [-0.1, -0.05) is 71.1 Å². The highest BCUT2D eigenvalue weighted by atomic mass is 32.1. The molecule has 1 aliphatic rings. The van der Waals surface area contributed by atoms with Gasteiger partial charge in [0.25, 0.3) is 0 Å². The second kappa shape index (κ2) is 12.5. The average molecular weight is 527 g/mol. The van der Waals surface area contributed by atoms with E-state index in [9.17, 15) is 4.79 Å². The molecular weight excluding hydrogens is 488 g/mol. The Morgan fingerprint density at radius 1 is 1.05 bits per heavy atom. The average Bonchev–Trinajstić information content (AvgIpc) is 3.38. The second-order valence-corrected chi connectivity index (χ2v) is 12.0. The van der Waals surface area contributed by atoms with Crippen LogP contribution in [0, 0.1) is 11.3 Å². The topological polar surface area (TPSA) is 64.3 Å². The van der Waals surface area contributed by atoms with Gasteiger partial charge in [0.2, 0.25) is 0 Å². The highest BCUT2D eigenvalue weighted by Gasteiger charge is 2.32. The molecule has 1 N–H and O–H groups in total. The lowest BCUT2D eigenvalue weighted by atomic mass is 9.77. The van der Waals surface area contributed by atoms with E-state index in [0.29, 0.717) is 0 Å². The standard InChI is InChI=1S/C33H38N2O2S/c1-4-5-6-7-8-9-10-24-11-14-27(15-12-24)35-20-19-33(2,3)29-22-25(13-17-30(29)35)31-18-16-28(38-31)21-26(23-34)32(36)37/h11-18,21-22H,4-10,19-20H2,1-3H3,(H,36,37)/b26-21+. The molecule has 0 aliphatic carbocycles. The second-order valence-electron chi connectivity index (χ2n) is 10.9. The van der Waals surface area contributed by atoms with E-state index in [2.05, 4.69) is 68.1 Å². The number of unbranched alkanes of at least 4 members (excludes halogenated alkanes) is 5. The Bertz CT molecular complexity index is 1330. The van der Waals surface area contributed by atoms with Gasteiger partial charge in [-0.25, -0.2) is 4.79 Å². The maximum atomic E-state index is 11.2. The molecule has 1 aromatic heterocycles. The van der Waals surface area contributed by atoms with Gasteiger partial charge in [0.05, 0.1) is 0 Å². The fourth-order valence-corrected chi connectivity index (χ4v) is 6.15. The first-order valence-electron chi connectivity index (χ1n) is 13.8. The molecule has 2 aromatic carbocycles. The van der Waals surface area contributed by atoms with Crippen LogP contribution in [0.2, 0.25) is 0 Å². The minimum atomic E-state index is -1.20. The van der Waals surface area contributed by atoms with Crippen LogP contribution in [-0.2, 0) is 16.6 Å². The van der Waals surface area contributed by atoms with Crippen molar-refractivity contribution in [1.82, 2.24) is 0 Å². The van der Waals surface area contributed by atoms with Gasteiger partial charge >= 0.3 is 5.97 Å². The fraction of sp³-hybridized carbons (Fsp3) is 0.394. The number of aryl methyl sites for hydroxylation is 1. The highest BCUT2D eigenvalue weighted by Crippen LogP contribution is 2.45. The summed E-state index contributed by atoms with van der Waals surface area (Å²) < 4.78 is 0. The van der Waals surface area contributed by atoms with Crippen molar-refractivity contribution in [3.8, 4) is 16.5 Å². The van der Waals surface area contributed by atoms with Gasteiger partial charge in [0, 0.05) is 27.7 Å². The fourth-order valence-electron chi connectivity index (χ4n) is 5.20. The molecular formula is C33H38N2O2S. The molecule has 38 heavy (non-hydrogen) atoms. The predicted octanol–water partition coefficient (Wildman–Crippen LogP) is 9.13. The summed E-state index contributed by atoms with van der Waals surface area (Å²) >= 11 is 1.50. The molecule has 0 saturated carbocycles. The Morgan fingerprint density at radius 2 is 1.79 bits per heavy atom. The number of aliphatic carboxylic acids is 1. The van der Waals surface area contributed by atoms with Crippen LogP contribution in [0.15, 0.2) is 60.2 Å². The molecule has 0 spiro atoms. The number of carbonyl (C=O) groups is 1. The minimum absolute atomic E-state index is 0.0524. The minimum Gasteiger partial charge on any atom is -0.477 e. The van der Waals surface area contributed by atoms with Gasteiger partial charge in [-0.05, 0) is 83.8 Å². The molecule has 4 nitrogen and oxygen atoms in total. The SMILES string of the molecule is CCCCCCCCc1ccc(N2CCC(C)(C)c3cc(-c4ccc(/C=C(\C#N)C(=O)O)s4)ccc32)cc1. The number of rotatable bonds is 11. The van der Waals surface area contributed by atoms with Gasteiger partial charge < -0.3 is 10.0 Å². The van der Waals surface area contributed by atoms with Gasteiger partial charge in [0.15, 0.2) is 0 Å². The van der Waals surface area contributed by atoms with Crippen LogP contribution >= 0.6 is 11.3 Å². The van der Waals surface area contributed by atoms with Crippen molar-refractivity contribution in [3.05, 3.63) is 76.2 Å². The van der Waals surface area contributed by atoms with E-state index < -0.39 is 5.97 Å². The molecule has 3 aromatic rings. The monoisotopic (exact) mass is 526 g/mol. The summed E-state index contributed by atoms with van der Waals surface area (Å²) in [7, 11) is 0. The quantitative estimate of drug-likeness (QED) is 0.154. The molecule has 0 unspecified atom stereocenters. The van der Waals surface area contributed by atoms with Gasteiger partial charge in [0.1, 0.15) is 11.6 Å². The molecule has 0 amide bonds. The molecule has 5 heteroatoms. The van der Waals surface area contributed by atoms with Crippen LogP contribution in [0.3, 0.4) is 0 Å². The van der Waals surface area contributed by atoms with Crippen LogP contribution in [0.4, 0.5) is 11.4 Å². The molecule has 0 atom stereocenters. The summed E-state index contributed by atoms with van der Waals surface area (Å²) in [5.74, 6) is -1.20. The van der Waals surface area contributed by atoms with Crippen LogP contribution < -0.4 is 4.90 Å². The number of anilines is 2. The predicted molar refractivity (Wildman–Crippen MR) is 159 cm³/mol. The number of nitriles is 1. The van der Waals surface area contributed by atoms with Crippen LogP contribution in [-0.4, -0.2) is 17.6 Å². The molecule has 0 saturated heterocycles. The van der Waals surface area contributed by atoms with Crippen molar-refractivity contribution in [2.24, 2.45) is 0 Å². The normalized spacial score (nSPS) is 14.7. The summed E-state index contributed by atoms with van der Waals surface area (Å²) in [6.07, 6.45) is 11.6. The number of benzene rings is 2. The summed E-state index contributed by atoms with van der Waals surface area (Å²) in [5, 5.41) is 18.2. The first-order chi connectivity index (χ1) is 18.3. The smallest absolute Gasteiger partial charge is 0.346 e. The number of nitrogens with zero attached hydrogens (tertiary/aromatic N) is 2. The molecule has 4 rings (SSSR count). The number of fused-ring (bicyclic) bond motifs is 1. The van der Waals surface area contributed by atoms with Crippen LogP contribution in [0.25, 0.3) is 16.5 Å². The zero-order valence-corrected chi connectivity index (χ0v) is 23.6. The van der Waals surface area contributed by atoms with E-state index in [4.69, 9.17) is 10.4 Å². The van der Waals surface area contributed by atoms with Crippen molar-refractivity contribution in [2.75, 3.05) is 11.4 Å². The molecule has 0 bridgehead atoms. The van der Waals surface area contributed by atoms with E-state index in [1.54, 1.807) is 6.07 Å². The van der Waals surface area contributed by atoms with E-state index in [1.165, 1.54) is 78.4 Å². The largest absolute Gasteiger partial charge is 0.477 e. The molecule has 0 radical (unpaired) electrons. The lowest BCUT2D eigenvalue weighted by Crippen LogP contribution is -2.34. The Labute approximate surface area is 231 Å². The van der Waals surface area contributed by atoms with E-state index >= 15 is 0 Å². The number of carboxylic acids is 1. The Balaban J connectivity index is 1.52. The van der Waals surface area contributed by atoms with Crippen LogP contribution in [0.5, 0.6) is 0 Å².